The monoisotopic (exact) mass is 433 g/mol. The van der Waals surface area contributed by atoms with Crippen molar-refractivity contribution in [2.75, 3.05) is 38.2 Å². The molecule has 1 saturated heterocycles. The summed E-state index contributed by atoms with van der Waals surface area (Å²) >= 11 is 0. The van der Waals surface area contributed by atoms with Crippen molar-refractivity contribution < 1.29 is 9.53 Å². The molecular formula is C24H27N5O3. The lowest BCUT2D eigenvalue weighted by Crippen LogP contribution is -2.53. The molecule has 0 aliphatic carbocycles. The van der Waals surface area contributed by atoms with E-state index in [-0.39, 0.29) is 11.5 Å². The zero-order valence-corrected chi connectivity index (χ0v) is 18.4. The van der Waals surface area contributed by atoms with Gasteiger partial charge in [0.15, 0.2) is 0 Å². The topological polar surface area (TPSA) is 90.6 Å². The van der Waals surface area contributed by atoms with Crippen LogP contribution in [-0.2, 0) is 6.54 Å². The van der Waals surface area contributed by atoms with Gasteiger partial charge in [0.05, 0.1) is 18.5 Å². The van der Waals surface area contributed by atoms with E-state index in [9.17, 15) is 9.59 Å². The van der Waals surface area contributed by atoms with Crippen LogP contribution in [0.3, 0.4) is 0 Å². The van der Waals surface area contributed by atoms with Crippen molar-refractivity contribution >= 4 is 22.5 Å². The summed E-state index contributed by atoms with van der Waals surface area (Å²) in [4.78, 5) is 35.9. The molecule has 4 heterocycles. The smallest absolute Gasteiger partial charge is 0.269 e. The second kappa shape index (κ2) is 8.27. The Balaban J connectivity index is 1.36. The molecule has 1 atom stereocenters. The number of piperazine rings is 1. The number of benzene rings is 1. The van der Waals surface area contributed by atoms with E-state index in [4.69, 9.17) is 4.74 Å². The number of pyridine rings is 2. The molecule has 0 radical (unpaired) electrons. The molecule has 0 saturated carbocycles. The molecule has 1 fully saturated rings. The Bertz CT molecular complexity index is 1220. The first-order chi connectivity index (χ1) is 15.5. The SMILES string of the molecule is CNC(=O)c1ccc(N2CCN3Cc4cc5[nH]c(=O)c(C)cc5cc4OCC[C@@H]3C2)cn1. The van der Waals surface area contributed by atoms with Gasteiger partial charge in [0.2, 0.25) is 0 Å². The fourth-order valence-corrected chi connectivity index (χ4v) is 4.61. The number of fused-ring (bicyclic) bond motifs is 3. The maximum absolute atomic E-state index is 12.1. The third-order valence-electron chi connectivity index (χ3n) is 6.47. The number of ether oxygens (including phenoxy) is 1. The van der Waals surface area contributed by atoms with Gasteiger partial charge in [-0.05, 0) is 43.7 Å². The van der Waals surface area contributed by atoms with E-state index < -0.39 is 0 Å². The van der Waals surface area contributed by atoms with Crippen LogP contribution in [0.5, 0.6) is 5.75 Å². The van der Waals surface area contributed by atoms with Crippen LogP contribution in [0.2, 0.25) is 0 Å². The first kappa shape index (κ1) is 20.5. The summed E-state index contributed by atoms with van der Waals surface area (Å²) in [5.41, 5.74) is 4.06. The number of aryl methyl sites for hydroxylation is 1. The van der Waals surface area contributed by atoms with E-state index in [1.54, 1.807) is 19.3 Å². The van der Waals surface area contributed by atoms with Gasteiger partial charge in [0, 0.05) is 61.3 Å². The van der Waals surface area contributed by atoms with Gasteiger partial charge in [-0.3, -0.25) is 14.5 Å². The summed E-state index contributed by atoms with van der Waals surface area (Å²) in [6.45, 7) is 5.93. The normalized spacial score (nSPS) is 18.8. The highest BCUT2D eigenvalue weighted by molar-refractivity contribution is 5.92. The van der Waals surface area contributed by atoms with Crippen molar-refractivity contribution in [3.05, 3.63) is 63.7 Å². The number of aromatic nitrogens is 2. The van der Waals surface area contributed by atoms with Crippen LogP contribution in [0.25, 0.3) is 10.9 Å². The highest BCUT2D eigenvalue weighted by atomic mass is 16.5. The summed E-state index contributed by atoms with van der Waals surface area (Å²) in [6, 6.07) is 10.1. The molecule has 2 aliphatic rings. The molecule has 2 N–H and O–H groups in total. The molecule has 32 heavy (non-hydrogen) atoms. The van der Waals surface area contributed by atoms with Crippen molar-refractivity contribution in [2.24, 2.45) is 0 Å². The quantitative estimate of drug-likeness (QED) is 0.643. The first-order valence-corrected chi connectivity index (χ1v) is 11.0. The standard InChI is InChI=1S/C24H27N5O3/c1-15-9-16-11-22-17(10-21(16)27-23(15)30)13-28-6-7-29(14-19(28)5-8-32-22)18-3-4-20(26-12-18)24(31)25-2/h3-4,9-12,19H,5-8,13-14H2,1-2H3,(H,25,31)(H,27,30)/t19-/m1/s1. The Morgan fingerprint density at radius 2 is 2.12 bits per heavy atom. The largest absolute Gasteiger partial charge is 0.493 e. The summed E-state index contributed by atoms with van der Waals surface area (Å²) in [5.74, 6) is 0.722. The van der Waals surface area contributed by atoms with Crippen LogP contribution in [0.1, 0.15) is 28.0 Å². The van der Waals surface area contributed by atoms with Crippen molar-refractivity contribution in [1.29, 1.82) is 0 Å². The second-order valence-electron chi connectivity index (χ2n) is 8.52. The summed E-state index contributed by atoms with van der Waals surface area (Å²) < 4.78 is 6.16. The fraction of sp³-hybridized carbons (Fsp3) is 0.375. The summed E-state index contributed by atoms with van der Waals surface area (Å²) in [6.07, 6.45) is 2.71. The van der Waals surface area contributed by atoms with Gasteiger partial charge < -0.3 is 19.9 Å². The Kier molecular flexibility index (Phi) is 5.30. The van der Waals surface area contributed by atoms with E-state index in [1.807, 2.05) is 25.1 Å². The number of carbonyl (C=O) groups is 1. The van der Waals surface area contributed by atoms with E-state index >= 15 is 0 Å². The van der Waals surface area contributed by atoms with Crippen molar-refractivity contribution in [3.63, 3.8) is 0 Å². The number of carbonyl (C=O) groups excluding carboxylic acids is 1. The van der Waals surface area contributed by atoms with Crippen LogP contribution in [0.4, 0.5) is 5.69 Å². The highest BCUT2D eigenvalue weighted by Gasteiger charge is 2.29. The molecule has 3 aromatic rings. The van der Waals surface area contributed by atoms with E-state index in [1.165, 1.54) is 0 Å². The Hall–Kier alpha value is -3.39. The lowest BCUT2D eigenvalue weighted by molar-refractivity contribution is 0.0958. The number of nitrogens with zero attached hydrogens (tertiary/aromatic N) is 3. The van der Waals surface area contributed by atoms with Crippen molar-refractivity contribution in [2.45, 2.75) is 25.9 Å². The number of H-pyrrole nitrogens is 1. The van der Waals surface area contributed by atoms with Gasteiger partial charge in [-0.25, -0.2) is 4.98 Å². The third-order valence-corrected chi connectivity index (χ3v) is 6.47. The number of amides is 1. The number of aromatic amines is 1. The number of nitrogens with one attached hydrogen (secondary N) is 2. The zero-order chi connectivity index (χ0) is 22.2. The fourth-order valence-electron chi connectivity index (χ4n) is 4.61. The predicted molar refractivity (Wildman–Crippen MR) is 123 cm³/mol. The molecule has 8 nitrogen and oxygen atoms in total. The number of hydrogen-bond donors (Lipinski definition) is 2. The van der Waals surface area contributed by atoms with E-state index in [0.29, 0.717) is 23.9 Å². The maximum atomic E-state index is 12.1. The first-order valence-electron chi connectivity index (χ1n) is 11.0. The minimum Gasteiger partial charge on any atom is -0.493 e. The Labute approximate surface area is 186 Å². The van der Waals surface area contributed by atoms with Crippen molar-refractivity contribution in [1.82, 2.24) is 20.2 Å². The van der Waals surface area contributed by atoms with Gasteiger partial charge in [-0.2, -0.15) is 0 Å². The molecule has 0 unspecified atom stereocenters. The lowest BCUT2D eigenvalue weighted by atomic mass is 10.0. The second-order valence-corrected chi connectivity index (χ2v) is 8.52. The van der Waals surface area contributed by atoms with Gasteiger partial charge in [-0.1, -0.05) is 0 Å². The highest BCUT2D eigenvalue weighted by Crippen LogP contribution is 2.31. The summed E-state index contributed by atoms with van der Waals surface area (Å²) in [5, 5.41) is 3.60. The molecule has 5 rings (SSSR count). The summed E-state index contributed by atoms with van der Waals surface area (Å²) in [7, 11) is 1.60. The van der Waals surface area contributed by atoms with E-state index in [0.717, 1.165) is 60.5 Å². The number of anilines is 1. The molecule has 2 aliphatic heterocycles. The molecule has 1 amide bonds. The van der Waals surface area contributed by atoms with Crippen LogP contribution < -0.4 is 20.5 Å². The van der Waals surface area contributed by atoms with Crippen molar-refractivity contribution in [3.8, 4) is 5.75 Å². The molecule has 0 bridgehead atoms. The van der Waals surface area contributed by atoms with Gasteiger partial charge >= 0.3 is 0 Å². The van der Waals surface area contributed by atoms with Crippen LogP contribution in [-0.4, -0.2) is 60.1 Å². The number of rotatable bonds is 2. The van der Waals surface area contributed by atoms with Crippen LogP contribution >= 0.6 is 0 Å². The minimum atomic E-state index is -0.179. The number of hydrogen-bond acceptors (Lipinski definition) is 6. The van der Waals surface area contributed by atoms with Gasteiger partial charge in [0.25, 0.3) is 11.5 Å². The molecule has 2 aromatic heterocycles. The average molecular weight is 434 g/mol. The predicted octanol–water partition coefficient (Wildman–Crippen LogP) is 2.06. The van der Waals surface area contributed by atoms with Crippen LogP contribution in [0.15, 0.2) is 41.3 Å². The van der Waals surface area contributed by atoms with Crippen LogP contribution in [0, 0.1) is 6.92 Å². The third kappa shape index (κ3) is 3.82. The van der Waals surface area contributed by atoms with Gasteiger partial charge in [-0.15, -0.1) is 0 Å². The molecular weight excluding hydrogens is 406 g/mol. The molecule has 166 valence electrons. The van der Waals surface area contributed by atoms with Gasteiger partial charge in [0.1, 0.15) is 11.4 Å². The van der Waals surface area contributed by atoms with E-state index in [2.05, 4.69) is 31.2 Å². The average Bonchev–Trinajstić information content (AvgIpc) is 2.79. The molecule has 1 aromatic carbocycles. The molecule has 8 heteroatoms. The lowest BCUT2D eigenvalue weighted by Gasteiger charge is -2.43. The minimum absolute atomic E-state index is 0.0493. The Morgan fingerprint density at radius 3 is 2.91 bits per heavy atom. The maximum Gasteiger partial charge on any atom is 0.269 e. The zero-order valence-electron chi connectivity index (χ0n) is 18.4. The molecule has 0 spiro atoms. The Morgan fingerprint density at radius 1 is 1.25 bits per heavy atom.